The molecule has 3 aromatic rings. The number of aromatic amines is 1. The van der Waals surface area contributed by atoms with Crippen molar-refractivity contribution in [2.75, 3.05) is 18.5 Å². The third-order valence-corrected chi connectivity index (χ3v) is 5.48. The molecule has 1 aliphatic heterocycles. The van der Waals surface area contributed by atoms with E-state index in [1.54, 1.807) is 18.2 Å². The van der Waals surface area contributed by atoms with Gasteiger partial charge in [0.05, 0.1) is 10.7 Å². The highest BCUT2D eigenvalue weighted by Crippen LogP contribution is 2.22. The second-order valence-corrected chi connectivity index (χ2v) is 8.07. The van der Waals surface area contributed by atoms with Gasteiger partial charge < -0.3 is 15.4 Å². The molecule has 1 fully saturated rings. The van der Waals surface area contributed by atoms with Crippen LogP contribution in [-0.2, 0) is 4.74 Å². The molecule has 0 spiro atoms. The molecule has 0 bridgehead atoms. The number of amides is 1. The highest BCUT2D eigenvalue weighted by Gasteiger charge is 2.18. The van der Waals surface area contributed by atoms with E-state index >= 15 is 0 Å². The zero-order valence-corrected chi connectivity index (χ0v) is 18.4. The standard InChI is InChI=1S/C22H20Cl2FN5O2/c23-15-4-1-13(2-5-15)19-12-20(30-29-19)27-22(26-16-7-9-32-10-8-16)28-21(31)14-3-6-17(24)18(25)11-14/h1-6,11-12,16H,7-10H2,(H3,26,27,28,29,30,31). The third-order valence-electron chi connectivity index (χ3n) is 4.92. The lowest BCUT2D eigenvalue weighted by Crippen LogP contribution is -2.42. The maximum atomic E-state index is 13.8. The van der Waals surface area contributed by atoms with Crippen molar-refractivity contribution in [2.45, 2.75) is 18.9 Å². The van der Waals surface area contributed by atoms with Crippen molar-refractivity contribution < 1.29 is 13.9 Å². The number of ether oxygens (including phenoxy) is 1. The van der Waals surface area contributed by atoms with Gasteiger partial charge in [-0.3, -0.25) is 9.89 Å². The first-order chi connectivity index (χ1) is 15.5. The Kier molecular flexibility index (Phi) is 7.04. The summed E-state index contributed by atoms with van der Waals surface area (Å²) in [5.41, 5.74) is 1.75. The minimum Gasteiger partial charge on any atom is -0.381 e. The van der Waals surface area contributed by atoms with Crippen molar-refractivity contribution in [3.8, 4) is 11.3 Å². The van der Waals surface area contributed by atoms with Crippen LogP contribution in [0.3, 0.4) is 0 Å². The molecule has 0 unspecified atom stereocenters. The molecule has 1 saturated heterocycles. The maximum absolute atomic E-state index is 13.8. The van der Waals surface area contributed by atoms with E-state index < -0.39 is 11.7 Å². The van der Waals surface area contributed by atoms with Crippen LogP contribution in [0.15, 0.2) is 53.5 Å². The normalized spacial score (nSPS) is 14.9. The van der Waals surface area contributed by atoms with Crippen LogP contribution in [0.4, 0.5) is 10.2 Å². The highest BCUT2D eigenvalue weighted by atomic mass is 35.5. The Morgan fingerprint density at radius 3 is 2.59 bits per heavy atom. The van der Waals surface area contributed by atoms with Crippen LogP contribution in [0.5, 0.6) is 0 Å². The molecule has 4 rings (SSSR count). The first kappa shape index (κ1) is 22.3. The van der Waals surface area contributed by atoms with Gasteiger partial charge in [-0.25, -0.2) is 4.39 Å². The Bertz CT molecular complexity index is 1130. The first-order valence-electron chi connectivity index (χ1n) is 9.98. The fourth-order valence-corrected chi connectivity index (χ4v) is 3.45. The molecule has 166 valence electrons. The fraction of sp³-hybridized carbons (Fsp3) is 0.227. The molecule has 0 radical (unpaired) electrons. The molecule has 3 N–H and O–H groups in total. The topological polar surface area (TPSA) is 91.4 Å². The van der Waals surface area contributed by atoms with Gasteiger partial charge in [0.2, 0.25) is 5.96 Å². The van der Waals surface area contributed by atoms with Crippen LogP contribution in [0.1, 0.15) is 23.2 Å². The number of carbonyl (C=O) groups excluding carboxylic acids is 1. The van der Waals surface area contributed by atoms with Gasteiger partial charge in [0, 0.05) is 35.9 Å². The number of halogens is 3. The van der Waals surface area contributed by atoms with Gasteiger partial charge in [-0.15, -0.1) is 0 Å². The minimum absolute atomic E-state index is 0.0598. The molecule has 1 aliphatic rings. The molecule has 1 amide bonds. The average Bonchev–Trinajstić information content (AvgIpc) is 3.25. The molecule has 2 heterocycles. The summed E-state index contributed by atoms with van der Waals surface area (Å²) in [6, 6.07) is 13.0. The Balaban J connectivity index is 1.56. The van der Waals surface area contributed by atoms with E-state index in [2.05, 4.69) is 25.8 Å². The van der Waals surface area contributed by atoms with Crippen LogP contribution in [0.25, 0.3) is 11.3 Å². The van der Waals surface area contributed by atoms with Gasteiger partial charge in [0.25, 0.3) is 5.91 Å². The predicted molar refractivity (Wildman–Crippen MR) is 123 cm³/mol. The number of anilines is 1. The zero-order valence-electron chi connectivity index (χ0n) is 16.9. The molecular weight excluding hydrogens is 456 g/mol. The first-order valence-corrected chi connectivity index (χ1v) is 10.7. The van der Waals surface area contributed by atoms with Crippen molar-refractivity contribution in [2.24, 2.45) is 4.99 Å². The molecule has 0 atom stereocenters. The Labute approximate surface area is 194 Å². The van der Waals surface area contributed by atoms with E-state index in [-0.39, 0.29) is 22.6 Å². The van der Waals surface area contributed by atoms with E-state index in [0.29, 0.717) is 24.1 Å². The van der Waals surface area contributed by atoms with Crippen molar-refractivity contribution in [1.29, 1.82) is 0 Å². The van der Waals surface area contributed by atoms with Gasteiger partial charge in [0.1, 0.15) is 5.82 Å². The Hall–Kier alpha value is -2.94. The van der Waals surface area contributed by atoms with Crippen molar-refractivity contribution in [1.82, 2.24) is 15.5 Å². The number of nitrogens with zero attached hydrogens (tertiary/aromatic N) is 2. The maximum Gasteiger partial charge on any atom is 0.280 e. The third kappa shape index (κ3) is 5.64. The number of rotatable bonds is 4. The van der Waals surface area contributed by atoms with Gasteiger partial charge in [-0.2, -0.15) is 10.1 Å². The fourth-order valence-electron chi connectivity index (χ4n) is 3.21. The van der Waals surface area contributed by atoms with Crippen molar-refractivity contribution in [3.63, 3.8) is 0 Å². The van der Waals surface area contributed by atoms with Crippen molar-refractivity contribution in [3.05, 3.63) is 70.0 Å². The molecule has 2 aromatic carbocycles. The molecule has 32 heavy (non-hydrogen) atoms. The van der Waals surface area contributed by atoms with Gasteiger partial charge in [-0.1, -0.05) is 35.3 Å². The van der Waals surface area contributed by atoms with Gasteiger partial charge in [0.15, 0.2) is 5.82 Å². The lowest BCUT2D eigenvalue weighted by Gasteiger charge is -2.24. The number of aliphatic imine (C=N–C) groups is 1. The van der Waals surface area contributed by atoms with E-state index in [1.165, 1.54) is 12.1 Å². The van der Waals surface area contributed by atoms with Gasteiger partial charge in [-0.05, 0) is 48.7 Å². The number of guanidine groups is 1. The van der Waals surface area contributed by atoms with Gasteiger partial charge >= 0.3 is 0 Å². The van der Waals surface area contributed by atoms with E-state index in [4.69, 9.17) is 27.9 Å². The quantitative estimate of drug-likeness (QED) is 0.368. The number of H-pyrrole nitrogens is 1. The highest BCUT2D eigenvalue weighted by molar-refractivity contribution is 6.31. The largest absolute Gasteiger partial charge is 0.381 e. The lowest BCUT2D eigenvalue weighted by atomic mass is 10.1. The summed E-state index contributed by atoms with van der Waals surface area (Å²) in [5, 5.41) is 14.0. The summed E-state index contributed by atoms with van der Waals surface area (Å²) in [6.07, 6.45) is 1.53. The summed E-state index contributed by atoms with van der Waals surface area (Å²) in [7, 11) is 0. The van der Waals surface area contributed by atoms with E-state index in [0.717, 1.165) is 30.2 Å². The molecule has 0 aliphatic carbocycles. The number of aromatic nitrogens is 2. The number of hydrogen-bond donors (Lipinski definition) is 3. The number of benzene rings is 2. The Morgan fingerprint density at radius 1 is 1.12 bits per heavy atom. The van der Waals surface area contributed by atoms with Crippen LogP contribution in [-0.4, -0.2) is 41.3 Å². The summed E-state index contributed by atoms with van der Waals surface area (Å²) < 4.78 is 19.2. The zero-order chi connectivity index (χ0) is 22.5. The molecular formula is C22H20Cl2FN5O2. The number of nitrogens with one attached hydrogen (secondary N) is 3. The van der Waals surface area contributed by atoms with E-state index in [1.807, 2.05) is 12.1 Å². The molecule has 10 heteroatoms. The summed E-state index contributed by atoms with van der Waals surface area (Å²) >= 11 is 11.7. The second-order valence-electron chi connectivity index (χ2n) is 7.22. The summed E-state index contributed by atoms with van der Waals surface area (Å²) in [5.74, 6) is -0.620. The number of hydrogen-bond acceptors (Lipinski definition) is 3. The predicted octanol–water partition coefficient (Wildman–Crippen LogP) is 4.90. The van der Waals surface area contributed by atoms with Crippen molar-refractivity contribution >= 4 is 40.9 Å². The average molecular weight is 476 g/mol. The SMILES string of the molecule is O=C(/N=C(\Nc1cc(-c2ccc(Cl)cc2)[nH]n1)NC1CCOCC1)c1ccc(Cl)c(F)c1. The molecule has 7 nitrogen and oxygen atoms in total. The minimum atomic E-state index is -0.681. The summed E-state index contributed by atoms with van der Waals surface area (Å²) in [6.45, 7) is 1.23. The van der Waals surface area contributed by atoms with Crippen LogP contribution >= 0.6 is 23.2 Å². The smallest absolute Gasteiger partial charge is 0.280 e. The van der Waals surface area contributed by atoms with E-state index in [9.17, 15) is 9.18 Å². The second kappa shape index (κ2) is 10.1. The molecule has 1 aromatic heterocycles. The van der Waals surface area contributed by atoms with Crippen LogP contribution in [0.2, 0.25) is 10.0 Å². The van der Waals surface area contributed by atoms with Crippen LogP contribution < -0.4 is 10.6 Å². The molecule has 0 saturated carbocycles. The lowest BCUT2D eigenvalue weighted by molar-refractivity contribution is 0.0824. The Morgan fingerprint density at radius 2 is 1.88 bits per heavy atom. The summed E-state index contributed by atoms with van der Waals surface area (Å²) in [4.78, 5) is 16.8. The number of carbonyl (C=O) groups is 1. The monoisotopic (exact) mass is 475 g/mol. The van der Waals surface area contributed by atoms with Crippen LogP contribution in [0, 0.1) is 5.82 Å².